The fourth-order valence-corrected chi connectivity index (χ4v) is 3.66. The third kappa shape index (κ3) is 3.33. The van der Waals surface area contributed by atoms with Gasteiger partial charge >= 0.3 is 0 Å². The van der Waals surface area contributed by atoms with Crippen molar-refractivity contribution in [2.45, 2.75) is 50.6 Å². The van der Waals surface area contributed by atoms with Crippen molar-refractivity contribution in [1.29, 1.82) is 5.41 Å². The highest BCUT2D eigenvalue weighted by molar-refractivity contribution is 7.43. The van der Waals surface area contributed by atoms with Gasteiger partial charge in [0.25, 0.3) is 0 Å². The lowest BCUT2D eigenvalue weighted by Crippen LogP contribution is -2.29. The molecule has 0 bridgehead atoms. The lowest BCUT2D eigenvalue weighted by Gasteiger charge is -2.24. The maximum absolute atomic E-state index is 11.4. The lowest BCUT2D eigenvalue weighted by molar-refractivity contribution is -0.198. The predicted molar refractivity (Wildman–Crippen MR) is 83.2 cm³/mol. The molecule has 2 aliphatic heterocycles. The number of nitrogens with one attached hydrogen (secondary N) is 1. The van der Waals surface area contributed by atoms with E-state index in [0.29, 0.717) is 12.6 Å². The quantitative estimate of drug-likeness (QED) is 0.454. The minimum absolute atomic E-state index is 0.144. The molecule has 0 aromatic carbocycles. The zero-order valence-corrected chi connectivity index (χ0v) is 14.4. The molecular formula is C13H22N5O4P. The highest BCUT2D eigenvalue weighted by Crippen LogP contribution is 2.44. The number of nitrogens with zero attached hydrogens (tertiary/aromatic N) is 3. The molecule has 0 spiro atoms. The molecule has 5 atom stereocenters. The molecule has 2 aliphatic rings. The van der Waals surface area contributed by atoms with E-state index in [-0.39, 0.29) is 30.0 Å². The van der Waals surface area contributed by atoms with Gasteiger partial charge in [-0.2, -0.15) is 0 Å². The molecule has 128 valence electrons. The van der Waals surface area contributed by atoms with Gasteiger partial charge in [-0.1, -0.05) is 0 Å². The molecule has 5 unspecified atom stereocenters. The van der Waals surface area contributed by atoms with Crippen molar-refractivity contribution in [3.05, 3.63) is 12.2 Å². The van der Waals surface area contributed by atoms with Gasteiger partial charge in [-0.3, -0.25) is 5.41 Å². The second-order valence-corrected chi connectivity index (χ2v) is 8.24. The van der Waals surface area contributed by atoms with E-state index in [1.807, 2.05) is 13.8 Å². The first-order valence-corrected chi connectivity index (χ1v) is 9.64. The Morgan fingerprint density at radius 3 is 2.78 bits per heavy atom. The van der Waals surface area contributed by atoms with Gasteiger partial charge < -0.3 is 24.5 Å². The van der Waals surface area contributed by atoms with E-state index in [0.717, 1.165) is 0 Å². The number of amidine groups is 1. The molecule has 3 rings (SSSR count). The summed E-state index contributed by atoms with van der Waals surface area (Å²) in [5.41, 5.74) is 5.40. The van der Waals surface area contributed by atoms with Gasteiger partial charge in [0.15, 0.2) is 17.9 Å². The maximum atomic E-state index is 11.4. The van der Waals surface area contributed by atoms with E-state index in [2.05, 4.69) is 10.1 Å². The van der Waals surface area contributed by atoms with Crippen LogP contribution in [-0.2, 0) is 18.8 Å². The molecule has 0 amide bonds. The first kappa shape index (κ1) is 16.6. The topological polar surface area (TPSA) is 125 Å². The van der Waals surface area contributed by atoms with Crippen molar-refractivity contribution < 1.29 is 18.8 Å². The van der Waals surface area contributed by atoms with E-state index in [4.69, 9.17) is 25.4 Å². The number of hydrogen-bond donors (Lipinski definition) is 2. The molecular weight excluding hydrogens is 321 g/mol. The molecule has 1 aromatic heterocycles. The summed E-state index contributed by atoms with van der Waals surface area (Å²) >= 11 is 0. The number of aromatic nitrogens is 3. The zero-order chi connectivity index (χ0) is 16.8. The van der Waals surface area contributed by atoms with Crippen LogP contribution in [0.3, 0.4) is 0 Å². The van der Waals surface area contributed by atoms with Crippen LogP contribution in [0.4, 0.5) is 0 Å². The van der Waals surface area contributed by atoms with Gasteiger partial charge in [-0.05, 0) is 26.9 Å². The Bertz CT molecular complexity index is 634. The SMILES string of the molecule is C[PH](=O)CCC1OC(n2cnc(C(=N)N)n2)C2OC(C)(C)OC12. The summed E-state index contributed by atoms with van der Waals surface area (Å²) in [7, 11) is -1.57. The van der Waals surface area contributed by atoms with Crippen LogP contribution in [0.15, 0.2) is 6.33 Å². The van der Waals surface area contributed by atoms with Crippen LogP contribution in [0.1, 0.15) is 32.3 Å². The Labute approximate surface area is 134 Å². The van der Waals surface area contributed by atoms with E-state index >= 15 is 0 Å². The van der Waals surface area contributed by atoms with Gasteiger partial charge in [0, 0.05) is 6.16 Å². The Morgan fingerprint density at radius 1 is 1.48 bits per heavy atom. The predicted octanol–water partition coefficient (Wildman–Crippen LogP) is 0.559. The zero-order valence-electron chi connectivity index (χ0n) is 13.4. The van der Waals surface area contributed by atoms with Crippen molar-refractivity contribution in [2.24, 2.45) is 5.73 Å². The van der Waals surface area contributed by atoms with Crippen LogP contribution in [0.2, 0.25) is 0 Å². The molecule has 0 radical (unpaired) electrons. The summed E-state index contributed by atoms with van der Waals surface area (Å²) in [5.74, 6) is -0.773. The fourth-order valence-electron chi connectivity index (χ4n) is 2.97. The van der Waals surface area contributed by atoms with E-state index in [9.17, 15) is 4.57 Å². The van der Waals surface area contributed by atoms with Gasteiger partial charge in [0.2, 0.25) is 5.82 Å². The summed E-state index contributed by atoms with van der Waals surface area (Å²) in [4.78, 5) is 3.99. The molecule has 23 heavy (non-hydrogen) atoms. The smallest absolute Gasteiger partial charge is 0.215 e. The highest BCUT2D eigenvalue weighted by Gasteiger charge is 2.55. The van der Waals surface area contributed by atoms with Crippen LogP contribution in [0.5, 0.6) is 0 Å². The number of fused-ring (bicyclic) bond motifs is 1. The molecule has 10 heteroatoms. The monoisotopic (exact) mass is 343 g/mol. The van der Waals surface area contributed by atoms with Crippen LogP contribution >= 0.6 is 7.80 Å². The standard InChI is InChI=1S/C13H22N5O4P/c1-13(2)21-8-7(4-5-23(3)19)20-12(9(8)22-13)18-6-16-11(17-18)10(14)15/h6-9,12,23H,4-5H2,1-3H3,(H3,14,15). The minimum atomic E-state index is -1.57. The van der Waals surface area contributed by atoms with Gasteiger partial charge in [-0.15, -0.1) is 5.10 Å². The first-order chi connectivity index (χ1) is 10.8. The largest absolute Gasteiger partial charge is 0.381 e. The average molecular weight is 343 g/mol. The van der Waals surface area contributed by atoms with Crippen molar-refractivity contribution in [2.75, 3.05) is 12.8 Å². The third-order valence-electron chi connectivity index (χ3n) is 3.92. The summed E-state index contributed by atoms with van der Waals surface area (Å²) < 4.78 is 30.9. The normalized spacial score (nSPS) is 33.5. The number of ether oxygens (including phenoxy) is 3. The van der Waals surface area contributed by atoms with Crippen molar-refractivity contribution >= 4 is 13.6 Å². The second-order valence-electron chi connectivity index (χ2n) is 6.33. The average Bonchev–Trinajstić information content (AvgIpc) is 3.09. The van der Waals surface area contributed by atoms with Crippen molar-refractivity contribution in [1.82, 2.24) is 14.8 Å². The Morgan fingerprint density at radius 2 is 2.17 bits per heavy atom. The lowest BCUT2D eigenvalue weighted by atomic mass is 10.1. The highest BCUT2D eigenvalue weighted by atomic mass is 31.1. The molecule has 1 aromatic rings. The molecule has 9 nitrogen and oxygen atoms in total. The summed E-state index contributed by atoms with van der Waals surface area (Å²) in [6, 6.07) is 0. The molecule has 0 saturated carbocycles. The van der Waals surface area contributed by atoms with Gasteiger partial charge in [0.05, 0.1) is 13.9 Å². The molecule has 2 fully saturated rings. The molecule has 3 heterocycles. The number of rotatable bonds is 5. The van der Waals surface area contributed by atoms with E-state index in [1.54, 1.807) is 6.66 Å². The van der Waals surface area contributed by atoms with Crippen molar-refractivity contribution in [3.63, 3.8) is 0 Å². The first-order valence-electron chi connectivity index (χ1n) is 7.53. The third-order valence-corrected chi connectivity index (χ3v) is 4.91. The minimum Gasteiger partial charge on any atom is -0.381 e. The fraction of sp³-hybridized carbons (Fsp3) is 0.769. The Kier molecular flexibility index (Phi) is 4.31. The van der Waals surface area contributed by atoms with Gasteiger partial charge in [-0.25, -0.2) is 9.67 Å². The molecule has 3 N–H and O–H groups in total. The maximum Gasteiger partial charge on any atom is 0.215 e. The second kappa shape index (κ2) is 5.98. The summed E-state index contributed by atoms with van der Waals surface area (Å²) in [6.07, 6.45) is 1.40. The summed E-state index contributed by atoms with van der Waals surface area (Å²) in [5, 5.41) is 11.6. The van der Waals surface area contributed by atoms with E-state index in [1.165, 1.54) is 11.0 Å². The van der Waals surface area contributed by atoms with Gasteiger partial charge in [0.1, 0.15) is 18.5 Å². The van der Waals surface area contributed by atoms with Crippen molar-refractivity contribution in [3.8, 4) is 0 Å². The molecule has 2 saturated heterocycles. The number of hydrogen-bond acceptors (Lipinski definition) is 7. The van der Waals surface area contributed by atoms with Crippen LogP contribution < -0.4 is 5.73 Å². The number of nitrogens with two attached hydrogens (primary N) is 1. The van der Waals surface area contributed by atoms with Crippen LogP contribution in [0, 0.1) is 5.41 Å². The summed E-state index contributed by atoms with van der Waals surface area (Å²) in [6.45, 7) is 5.44. The molecule has 0 aliphatic carbocycles. The van der Waals surface area contributed by atoms with Crippen LogP contribution in [0.25, 0.3) is 0 Å². The Balaban J connectivity index is 1.82. The Hall–Kier alpha value is -1.28. The van der Waals surface area contributed by atoms with E-state index < -0.39 is 19.8 Å². The van der Waals surface area contributed by atoms with Crippen LogP contribution in [-0.4, -0.2) is 57.5 Å². The number of nitrogen functional groups attached to an aromatic ring is 1.